The highest BCUT2D eigenvalue weighted by Crippen LogP contribution is 2.48. The first kappa shape index (κ1) is 27.5. The summed E-state index contributed by atoms with van der Waals surface area (Å²) in [6.45, 7) is 5.95. The van der Waals surface area contributed by atoms with Gasteiger partial charge in [-0.25, -0.2) is 13.5 Å². The molecule has 0 fully saturated rings. The van der Waals surface area contributed by atoms with Crippen LogP contribution in [-0.4, -0.2) is 38.9 Å². The summed E-state index contributed by atoms with van der Waals surface area (Å²) < 4.78 is 30.7. The van der Waals surface area contributed by atoms with E-state index in [-0.39, 0.29) is 30.7 Å². The fraction of sp³-hybridized carbons (Fsp3) is 0.267. The van der Waals surface area contributed by atoms with Gasteiger partial charge in [-0.15, -0.1) is 11.8 Å². The molecule has 1 N–H and O–H groups in total. The second-order valence-corrected chi connectivity index (χ2v) is 11.6. The van der Waals surface area contributed by atoms with Gasteiger partial charge in [-0.2, -0.15) is 5.10 Å². The number of fused-ring (bicyclic) bond motifs is 1. The van der Waals surface area contributed by atoms with Crippen LogP contribution in [0.2, 0.25) is 0 Å². The van der Waals surface area contributed by atoms with Gasteiger partial charge >= 0.3 is 0 Å². The van der Waals surface area contributed by atoms with Crippen molar-refractivity contribution in [2.75, 3.05) is 17.2 Å². The van der Waals surface area contributed by atoms with Crippen molar-refractivity contribution in [2.45, 2.75) is 38.0 Å². The predicted molar refractivity (Wildman–Crippen MR) is 151 cm³/mol. The summed E-state index contributed by atoms with van der Waals surface area (Å²) in [5.74, 6) is -1.10. The standard InChI is InChI=1S/C30H29F2N5O2S/c1-30(2,3)28-26-27(22-8-4-5-9-23(22)32)40-18-25(39)36(17-24(38)34-16-19-7-6-14-33-15-19)29(26)37(35-28)21-12-10-20(31)11-13-21/h4-15,27H,16-18H2,1-3H3,(H,34,38). The van der Waals surface area contributed by atoms with Gasteiger partial charge in [-0.1, -0.05) is 45.0 Å². The molecule has 0 saturated carbocycles. The van der Waals surface area contributed by atoms with Crippen molar-refractivity contribution >= 4 is 29.4 Å². The topological polar surface area (TPSA) is 80.1 Å². The number of nitrogens with one attached hydrogen (secondary N) is 1. The molecule has 40 heavy (non-hydrogen) atoms. The molecule has 5 rings (SSSR count). The lowest BCUT2D eigenvalue weighted by Gasteiger charge is -2.24. The van der Waals surface area contributed by atoms with E-state index in [1.165, 1.54) is 34.9 Å². The van der Waals surface area contributed by atoms with Crippen LogP contribution >= 0.6 is 11.8 Å². The van der Waals surface area contributed by atoms with Gasteiger partial charge < -0.3 is 5.32 Å². The van der Waals surface area contributed by atoms with Gasteiger partial charge in [0.1, 0.15) is 24.0 Å². The second-order valence-electron chi connectivity index (χ2n) is 10.6. The summed E-state index contributed by atoms with van der Waals surface area (Å²) in [4.78, 5) is 32.3. The number of rotatable bonds is 6. The molecule has 0 saturated heterocycles. The molecule has 1 aliphatic rings. The number of amides is 2. The Kier molecular flexibility index (Phi) is 7.71. The summed E-state index contributed by atoms with van der Waals surface area (Å²) in [6, 6.07) is 15.9. The van der Waals surface area contributed by atoms with Crippen molar-refractivity contribution in [3.8, 4) is 5.69 Å². The highest BCUT2D eigenvalue weighted by Gasteiger charge is 2.40. The molecule has 1 unspecified atom stereocenters. The van der Waals surface area contributed by atoms with Crippen molar-refractivity contribution in [1.82, 2.24) is 20.1 Å². The summed E-state index contributed by atoms with van der Waals surface area (Å²) in [6.07, 6.45) is 3.31. The molecule has 2 aromatic heterocycles. The van der Waals surface area contributed by atoms with Gasteiger partial charge in [0.2, 0.25) is 11.8 Å². The zero-order valence-corrected chi connectivity index (χ0v) is 23.2. The molecule has 0 radical (unpaired) electrons. The van der Waals surface area contributed by atoms with E-state index in [1.54, 1.807) is 53.5 Å². The zero-order valence-electron chi connectivity index (χ0n) is 22.4. The average Bonchev–Trinajstić information content (AvgIpc) is 3.27. The van der Waals surface area contributed by atoms with E-state index >= 15 is 4.39 Å². The second kappa shape index (κ2) is 11.2. The molecule has 0 bridgehead atoms. The minimum Gasteiger partial charge on any atom is -0.350 e. The van der Waals surface area contributed by atoms with Gasteiger partial charge in [-0.3, -0.25) is 19.5 Å². The van der Waals surface area contributed by atoms with Gasteiger partial charge in [0, 0.05) is 35.5 Å². The Bertz CT molecular complexity index is 1530. The van der Waals surface area contributed by atoms with Crippen molar-refractivity contribution in [2.24, 2.45) is 0 Å². The van der Waals surface area contributed by atoms with Crippen molar-refractivity contribution in [3.05, 3.63) is 107 Å². The highest BCUT2D eigenvalue weighted by atomic mass is 32.2. The average molecular weight is 562 g/mol. The fourth-order valence-electron chi connectivity index (χ4n) is 4.67. The van der Waals surface area contributed by atoms with Crippen LogP contribution in [-0.2, 0) is 21.5 Å². The number of nitrogens with zero attached hydrogens (tertiary/aromatic N) is 4. The summed E-state index contributed by atoms with van der Waals surface area (Å²) in [7, 11) is 0. The molecule has 1 aliphatic heterocycles. The molecule has 206 valence electrons. The van der Waals surface area contributed by atoms with Crippen LogP contribution in [0, 0.1) is 11.6 Å². The molecular weight excluding hydrogens is 532 g/mol. The molecule has 0 spiro atoms. The zero-order chi connectivity index (χ0) is 28.4. The number of carbonyl (C=O) groups excluding carboxylic acids is 2. The van der Waals surface area contributed by atoms with E-state index in [0.29, 0.717) is 28.3 Å². The number of thioether (sulfide) groups is 1. The first-order valence-corrected chi connectivity index (χ1v) is 13.9. The van der Waals surface area contributed by atoms with Crippen LogP contribution in [0.3, 0.4) is 0 Å². The third-order valence-electron chi connectivity index (χ3n) is 6.57. The number of aromatic nitrogens is 3. The summed E-state index contributed by atoms with van der Waals surface area (Å²) in [5, 5.41) is 7.21. The Balaban J connectivity index is 1.66. The number of pyridine rings is 1. The number of anilines is 1. The van der Waals surface area contributed by atoms with Gasteiger partial charge in [0.25, 0.3) is 0 Å². The lowest BCUT2D eigenvalue weighted by molar-refractivity contribution is -0.123. The molecule has 7 nitrogen and oxygen atoms in total. The van der Waals surface area contributed by atoms with Crippen LogP contribution < -0.4 is 10.2 Å². The first-order chi connectivity index (χ1) is 19.1. The monoisotopic (exact) mass is 561 g/mol. The number of carbonyl (C=O) groups is 2. The van der Waals surface area contributed by atoms with Gasteiger partial charge in [0.05, 0.1) is 22.4 Å². The normalized spacial score (nSPS) is 15.5. The summed E-state index contributed by atoms with van der Waals surface area (Å²) in [5.41, 5.74) is 2.57. The van der Waals surface area contributed by atoms with E-state index in [0.717, 1.165) is 5.56 Å². The number of halogens is 2. The molecule has 10 heteroatoms. The van der Waals surface area contributed by atoms with Crippen LogP contribution in [0.15, 0.2) is 73.1 Å². The van der Waals surface area contributed by atoms with Crippen molar-refractivity contribution in [3.63, 3.8) is 0 Å². The van der Waals surface area contributed by atoms with E-state index in [9.17, 15) is 14.0 Å². The number of hydrogen-bond donors (Lipinski definition) is 1. The molecule has 2 amide bonds. The van der Waals surface area contributed by atoms with E-state index < -0.39 is 22.3 Å². The Hall–Kier alpha value is -4.05. The molecule has 1 atom stereocenters. The largest absolute Gasteiger partial charge is 0.350 e. The van der Waals surface area contributed by atoms with Crippen LogP contribution in [0.4, 0.5) is 14.6 Å². The Morgan fingerprint density at radius 3 is 2.50 bits per heavy atom. The highest BCUT2D eigenvalue weighted by molar-refractivity contribution is 8.00. The van der Waals surface area contributed by atoms with E-state index in [1.807, 2.05) is 26.8 Å². The fourth-order valence-corrected chi connectivity index (χ4v) is 5.89. The SMILES string of the molecule is CC(C)(C)c1nn(-c2ccc(F)cc2)c2c1C(c1ccccc1F)SCC(=O)N2CC(=O)NCc1cccnc1. The van der Waals surface area contributed by atoms with Crippen LogP contribution in [0.25, 0.3) is 5.69 Å². The lowest BCUT2D eigenvalue weighted by Crippen LogP contribution is -2.42. The third kappa shape index (κ3) is 5.62. The summed E-state index contributed by atoms with van der Waals surface area (Å²) >= 11 is 1.30. The maximum Gasteiger partial charge on any atom is 0.240 e. The Morgan fingerprint density at radius 1 is 1.07 bits per heavy atom. The van der Waals surface area contributed by atoms with E-state index in [4.69, 9.17) is 5.10 Å². The van der Waals surface area contributed by atoms with E-state index in [2.05, 4.69) is 10.3 Å². The third-order valence-corrected chi connectivity index (χ3v) is 7.81. The minimum atomic E-state index is -0.563. The predicted octanol–water partition coefficient (Wildman–Crippen LogP) is 5.33. The lowest BCUT2D eigenvalue weighted by atomic mass is 9.87. The van der Waals surface area contributed by atoms with Gasteiger partial charge in [-0.05, 0) is 42.0 Å². The Morgan fingerprint density at radius 2 is 1.82 bits per heavy atom. The Labute approximate surface area is 235 Å². The van der Waals surface area contributed by atoms with Crippen LogP contribution in [0.1, 0.15) is 48.4 Å². The maximum atomic E-state index is 15.2. The quantitative estimate of drug-likeness (QED) is 0.344. The molecule has 0 aliphatic carbocycles. The molecule has 4 aromatic rings. The van der Waals surface area contributed by atoms with Crippen LogP contribution in [0.5, 0.6) is 0 Å². The minimum absolute atomic E-state index is 0.0244. The number of hydrogen-bond acceptors (Lipinski definition) is 5. The maximum absolute atomic E-state index is 15.2. The number of benzene rings is 2. The van der Waals surface area contributed by atoms with Gasteiger partial charge in [0.15, 0.2) is 0 Å². The van der Waals surface area contributed by atoms with Crippen molar-refractivity contribution in [1.29, 1.82) is 0 Å². The molecular formula is C30H29F2N5O2S. The molecule has 2 aromatic carbocycles. The smallest absolute Gasteiger partial charge is 0.240 e. The first-order valence-electron chi connectivity index (χ1n) is 12.8. The van der Waals surface area contributed by atoms with Crippen molar-refractivity contribution < 1.29 is 18.4 Å². The molecule has 3 heterocycles.